The zero-order valence-electron chi connectivity index (χ0n) is 16.9. The molecule has 0 aliphatic rings. The van der Waals surface area contributed by atoms with Crippen LogP contribution in [0, 0.1) is 0 Å². The third kappa shape index (κ3) is 6.84. The standard InChI is InChI=1S/C22H23NO8/c1-2-29-20(27)22(19(25)26,13-18(24)30-14-16-9-5-3-6-10-16)23-21(28)31-15-17-11-7-4-8-12-17/h3-12H,2,13-15H2,1H3,(H,23,28)(H,25,26)/t22-/m1/s1. The van der Waals surface area contributed by atoms with Crippen LogP contribution in [0.5, 0.6) is 0 Å². The Morgan fingerprint density at radius 1 is 0.839 bits per heavy atom. The van der Waals surface area contributed by atoms with Crippen LogP contribution in [0.2, 0.25) is 0 Å². The van der Waals surface area contributed by atoms with Gasteiger partial charge in [-0.1, -0.05) is 60.7 Å². The molecular formula is C22H23NO8. The molecule has 164 valence electrons. The van der Waals surface area contributed by atoms with Gasteiger partial charge in [0, 0.05) is 0 Å². The van der Waals surface area contributed by atoms with E-state index >= 15 is 0 Å². The largest absolute Gasteiger partial charge is 0.479 e. The average Bonchev–Trinajstić information content (AvgIpc) is 2.77. The first-order valence-corrected chi connectivity index (χ1v) is 9.46. The Labute approximate surface area is 178 Å². The van der Waals surface area contributed by atoms with Crippen molar-refractivity contribution in [1.29, 1.82) is 0 Å². The van der Waals surface area contributed by atoms with Gasteiger partial charge in [0.05, 0.1) is 13.0 Å². The summed E-state index contributed by atoms with van der Waals surface area (Å²) in [5.41, 5.74) is -1.38. The number of benzene rings is 2. The van der Waals surface area contributed by atoms with Crippen molar-refractivity contribution < 1.29 is 38.5 Å². The van der Waals surface area contributed by atoms with Crippen LogP contribution < -0.4 is 5.32 Å². The molecule has 2 rings (SSSR count). The second-order valence-corrected chi connectivity index (χ2v) is 6.44. The van der Waals surface area contributed by atoms with Crippen molar-refractivity contribution in [1.82, 2.24) is 5.32 Å². The number of esters is 2. The van der Waals surface area contributed by atoms with Gasteiger partial charge in [-0.05, 0) is 18.1 Å². The first kappa shape index (κ1) is 23.4. The van der Waals surface area contributed by atoms with Gasteiger partial charge in [-0.3, -0.25) is 10.1 Å². The Morgan fingerprint density at radius 3 is 1.84 bits per heavy atom. The van der Waals surface area contributed by atoms with E-state index in [2.05, 4.69) is 0 Å². The highest BCUT2D eigenvalue weighted by Crippen LogP contribution is 2.17. The Bertz CT molecular complexity index is 841. The number of amides is 1. The molecule has 0 aromatic heterocycles. The number of hydrogen-bond donors (Lipinski definition) is 2. The molecule has 0 unspecified atom stereocenters. The van der Waals surface area contributed by atoms with Gasteiger partial charge in [0.1, 0.15) is 13.2 Å². The van der Waals surface area contributed by atoms with Gasteiger partial charge in [-0.25, -0.2) is 14.4 Å². The van der Waals surface area contributed by atoms with Crippen LogP contribution in [0.4, 0.5) is 4.79 Å². The Morgan fingerprint density at radius 2 is 1.35 bits per heavy atom. The van der Waals surface area contributed by atoms with E-state index in [1.807, 2.05) is 5.32 Å². The fourth-order valence-electron chi connectivity index (χ4n) is 2.58. The van der Waals surface area contributed by atoms with Crippen molar-refractivity contribution in [3.63, 3.8) is 0 Å². The molecule has 0 aliphatic carbocycles. The Balaban J connectivity index is 2.11. The summed E-state index contributed by atoms with van der Waals surface area (Å²) in [5, 5.41) is 11.7. The molecule has 9 nitrogen and oxygen atoms in total. The minimum atomic E-state index is -2.70. The van der Waals surface area contributed by atoms with Gasteiger partial charge in [0.2, 0.25) is 5.54 Å². The second kappa shape index (κ2) is 11.3. The molecule has 31 heavy (non-hydrogen) atoms. The number of carboxylic acids is 1. The summed E-state index contributed by atoms with van der Waals surface area (Å²) in [5.74, 6) is -4.10. The third-order valence-electron chi connectivity index (χ3n) is 4.17. The smallest absolute Gasteiger partial charge is 0.408 e. The van der Waals surface area contributed by atoms with Gasteiger partial charge in [-0.15, -0.1) is 0 Å². The summed E-state index contributed by atoms with van der Waals surface area (Å²) in [6.45, 7) is 1.01. The molecule has 0 heterocycles. The van der Waals surface area contributed by atoms with E-state index in [4.69, 9.17) is 14.2 Å². The summed E-state index contributed by atoms with van der Waals surface area (Å²) in [6, 6.07) is 17.3. The van der Waals surface area contributed by atoms with Crippen LogP contribution in [0.15, 0.2) is 60.7 Å². The second-order valence-electron chi connectivity index (χ2n) is 6.44. The third-order valence-corrected chi connectivity index (χ3v) is 4.17. The SMILES string of the molecule is CCOC(=O)[C@](CC(=O)OCc1ccccc1)(NC(=O)OCc1ccccc1)C(=O)O. The summed E-state index contributed by atoms with van der Waals surface area (Å²) in [4.78, 5) is 49.0. The van der Waals surface area contributed by atoms with E-state index in [-0.39, 0.29) is 19.8 Å². The molecule has 1 atom stereocenters. The number of rotatable bonds is 10. The minimum Gasteiger partial charge on any atom is -0.479 e. The van der Waals surface area contributed by atoms with Crippen molar-refractivity contribution in [2.24, 2.45) is 0 Å². The summed E-state index contributed by atoms with van der Waals surface area (Å²) >= 11 is 0. The molecule has 2 N–H and O–H groups in total. The monoisotopic (exact) mass is 429 g/mol. The fourth-order valence-corrected chi connectivity index (χ4v) is 2.58. The Hall–Kier alpha value is -3.88. The van der Waals surface area contributed by atoms with Gasteiger partial charge >= 0.3 is 24.0 Å². The molecule has 1 amide bonds. The van der Waals surface area contributed by atoms with Gasteiger partial charge in [0.15, 0.2) is 0 Å². The lowest BCUT2D eigenvalue weighted by molar-refractivity contribution is -0.168. The van der Waals surface area contributed by atoms with E-state index < -0.39 is 36.0 Å². The Kier molecular flexibility index (Phi) is 8.56. The van der Waals surface area contributed by atoms with Crippen LogP contribution >= 0.6 is 0 Å². The summed E-state index contributed by atoms with van der Waals surface area (Å²) in [6.07, 6.45) is -2.18. The number of carbonyl (C=O) groups is 4. The average molecular weight is 429 g/mol. The van der Waals surface area contributed by atoms with Crippen molar-refractivity contribution in [3.8, 4) is 0 Å². The molecular weight excluding hydrogens is 406 g/mol. The molecule has 0 saturated carbocycles. The van der Waals surface area contributed by atoms with Crippen molar-refractivity contribution in [2.75, 3.05) is 6.61 Å². The van der Waals surface area contributed by atoms with E-state index in [1.54, 1.807) is 60.7 Å². The molecule has 9 heteroatoms. The molecule has 0 spiro atoms. The molecule has 2 aromatic carbocycles. The van der Waals surface area contributed by atoms with Gasteiger partial charge in [0.25, 0.3) is 0 Å². The van der Waals surface area contributed by atoms with Crippen molar-refractivity contribution >= 4 is 24.0 Å². The molecule has 0 bridgehead atoms. The van der Waals surface area contributed by atoms with Crippen LogP contribution in [0.3, 0.4) is 0 Å². The quantitative estimate of drug-likeness (QED) is 0.335. The molecule has 0 aliphatic heterocycles. The first-order valence-electron chi connectivity index (χ1n) is 9.46. The van der Waals surface area contributed by atoms with Crippen LogP contribution in [-0.4, -0.2) is 41.3 Å². The van der Waals surface area contributed by atoms with E-state index in [9.17, 15) is 24.3 Å². The maximum absolute atomic E-state index is 12.4. The topological polar surface area (TPSA) is 128 Å². The van der Waals surface area contributed by atoms with Crippen molar-refractivity contribution in [3.05, 3.63) is 71.8 Å². The lowest BCUT2D eigenvalue weighted by Gasteiger charge is -2.27. The number of ether oxygens (including phenoxy) is 3. The number of carboxylic acid groups (broad SMARTS) is 1. The fraction of sp³-hybridized carbons (Fsp3) is 0.273. The lowest BCUT2D eigenvalue weighted by atomic mass is 9.95. The molecule has 0 fully saturated rings. The maximum atomic E-state index is 12.4. The van der Waals surface area contributed by atoms with Crippen LogP contribution in [0.25, 0.3) is 0 Å². The number of hydrogen-bond acceptors (Lipinski definition) is 7. The number of aliphatic carboxylic acids is 1. The van der Waals surface area contributed by atoms with E-state index in [0.717, 1.165) is 0 Å². The predicted molar refractivity (Wildman–Crippen MR) is 108 cm³/mol. The maximum Gasteiger partial charge on any atom is 0.408 e. The highest BCUT2D eigenvalue weighted by Gasteiger charge is 2.52. The zero-order chi connectivity index (χ0) is 22.7. The number of nitrogens with one attached hydrogen (secondary N) is 1. The van der Waals surface area contributed by atoms with Gasteiger partial charge in [-0.2, -0.15) is 0 Å². The summed E-state index contributed by atoms with van der Waals surface area (Å²) in [7, 11) is 0. The predicted octanol–water partition coefficient (Wildman–Crippen LogP) is 2.43. The van der Waals surface area contributed by atoms with E-state index in [1.165, 1.54) is 6.92 Å². The van der Waals surface area contributed by atoms with Gasteiger partial charge < -0.3 is 19.3 Å². The summed E-state index contributed by atoms with van der Waals surface area (Å²) < 4.78 is 14.9. The number of carbonyl (C=O) groups excluding carboxylic acids is 3. The minimum absolute atomic E-state index is 0.128. The van der Waals surface area contributed by atoms with Crippen LogP contribution in [-0.2, 0) is 41.8 Å². The molecule has 2 aromatic rings. The zero-order valence-corrected chi connectivity index (χ0v) is 16.9. The number of alkyl carbamates (subject to hydrolysis) is 1. The van der Waals surface area contributed by atoms with E-state index in [0.29, 0.717) is 11.1 Å². The highest BCUT2D eigenvalue weighted by atomic mass is 16.6. The van der Waals surface area contributed by atoms with Crippen molar-refractivity contribution in [2.45, 2.75) is 32.1 Å². The van der Waals surface area contributed by atoms with Crippen LogP contribution in [0.1, 0.15) is 24.5 Å². The molecule has 0 saturated heterocycles. The molecule has 0 radical (unpaired) electrons. The first-order chi connectivity index (χ1) is 14.9. The normalized spacial score (nSPS) is 12.2. The lowest BCUT2D eigenvalue weighted by Crippen LogP contribution is -2.62. The highest BCUT2D eigenvalue weighted by molar-refractivity contribution is 6.09.